The molecule has 0 unspecified atom stereocenters. The van der Waals surface area contributed by atoms with Crippen LogP contribution in [0.15, 0.2) is 182 Å². The zero-order valence-corrected chi connectivity index (χ0v) is 31.6. The Bertz CT molecular complexity index is 4300. The summed E-state index contributed by atoms with van der Waals surface area (Å²) in [4.78, 5) is 5.54. The summed E-state index contributed by atoms with van der Waals surface area (Å²) in [6, 6.07) is 65.0. The van der Waals surface area contributed by atoms with E-state index in [0.717, 1.165) is 16.9 Å². The summed E-state index contributed by atoms with van der Waals surface area (Å²) in [7, 11) is 0. The molecule has 0 aliphatic heterocycles. The first kappa shape index (κ1) is 30.2. The maximum atomic E-state index is 5.54. The topological polar surface area (TPSA) is 26.6 Å². The molecule has 9 aromatic carbocycles. The van der Waals surface area contributed by atoms with Crippen LogP contribution in [0.1, 0.15) is 0 Å². The molecule has 4 nitrogen and oxygen atoms in total. The predicted molar refractivity (Wildman–Crippen MR) is 248 cm³/mol. The van der Waals surface area contributed by atoms with Crippen molar-refractivity contribution in [2.75, 3.05) is 0 Å². The van der Waals surface area contributed by atoms with Crippen molar-refractivity contribution in [2.24, 2.45) is 0 Å². The van der Waals surface area contributed by atoms with Crippen molar-refractivity contribution in [3.8, 4) is 16.8 Å². The minimum Gasteiger partial charge on any atom is -0.309 e. The highest BCUT2D eigenvalue weighted by molar-refractivity contribution is 6.40. The number of pyridine rings is 1. The number of rotatable bonds is 2. The Hall–Kier alpha value is -7.95. The molecule has 0 amide bonds. The van der Waals surface area contributed by atoms with Crippen molar-refractivity contribution in [1.29, 1.82) is 0 Å². The molecule has 0 saturated carbocycles. The molecular weight excluding hydrogens is 717 g/mol. The van der Waals surface area contributed by atoms with Crippen molar-refractivity contribution in [2.45, 2.75) is 0 Å². The molecule has 0 radical (unpaired) electrons. The average molecular weight is 747 g/mol. The molecular formula is C55H30N4. The zero-order valence-electron chi connectivity index (χ0n) is 31.6. The second kappa shape index (κ2) is 10.5. The zero-order chi connectivity index (χ0) is 38.1. The molecule has 270 valence electrons. The largest absolute Gasteiger partial charge is 0.309 e. The fraction of sp³-hybridized carbons (Fsp3) is 0. The lowest BCUT2D eigenvalue weighted by molar-refractivity contribution is 1.18. The maximum Gasteiger partial charge on any atom is 0.146 e. The number of hydrogen-bond acceptors (Lipinski definition) is 1. The molecule has 4 heteroatoms. The first-order valence-corrected chi connectivity index (χ1v) is 20.4. The van der Waals surface area contributed by atoms with Crippen LogP contribution in [-0.4, -0.2) is 18.4 Å². The smallest absolute Gasteiger partial charge is 0.146 e. The molecule has 0 aliphatic carbocycles. The predicted octanol–water partition coefficient (Wildman–Crippen LogP) is 14.5. The minimum atomic E-state index is 1.00. The van der Waals surface area contributed by atoms with Gasteiger partial charge in [-0.05, 0) is 75.6 Å². The van der Waals surface area contributed by atoms with Crippen LogP contribution in [0.25, 0.3) is 136 Å². The van der Waals surface area contributed by atoms with E-state index >= 15 is 0 Å². The molecule has 0 spiro atoms. The highest BCUT2D eigenvalue weighted by atomic mass is 15.0. The Morgan fingerprint density at radius 3 is 1.80 bits per heavy atom. The van der Waals surface area contributed by atoms with Crippen LogP contribution in [0.4, 0.5) is 0 Å². The number of para-hydroxylation sites is 4. The van der Waals surface area contributed by atoms with Gasteiger partial charge in [-0.2, -0.15) is 0 Å². The number of benzene rings is 9. The molecule has 0 N–H and O–H groups in total. The monoisotopic (exact) mass is 746 g/mol. The van der Waals surface area contributed by atoms with Crippen molar-refractivity contribution < 1.29 is 0 Å². The Kier molecular flexibility index (Phi) is 5.38. The summed E-state index contributed by atoms with van der Waals surface area (Å²) in [5.41, 5.74) is 13.1. The quantitative estimate of drug-likeness (QED) is 0.173. The van der Waals surface area contributed by atoms with Gasteiger partial charge in [0.15, 0.2) is 0 Å². The van der Waals surface area contributed by atoms with E-state index in [2.05, 4.69) is 195 Å². The van der Waals surface area contributed by atoms with Gasteiger partial charge < -0.3 is 8.97 Å². The van der Waals surface area contributed by atoms with Crippen LogP contribution >= 0.6 is 0 Å². The van der Waals surface area contributed by atoms with Gasteiger partial charge in [-0.25, -0.2) is 4.98 Å². The molecule has 0 fully saturated rings. The third-order valence-electron chi connectivity index (χ3n) is 13.5. The summed E-state index contributed by atoms with van der Waals surface area (Å²) in [6.07, 6.45) is 2.14. The fourth-order valence-electron chi connectivity index (χ4n) is 11.2. The highest BCUT2D eigenvalue weighted by Gasteiger charge is 2.28. The lowest BCUT2D eigenvalue weighted by atomic mass is 9.93. The highest BCUT2D eigenvalue weighted by Crippen LogP contribution is 2.51. The number of aromatic nitrogens is 4. The second-order valence-electron chi connectivity index (χ2n) is 16.3. The first-order chi connectivity index (χ1) is 29.3. The van der Waals surface area contributed by atoms with E-state index in [9.17, 15) is 0 Å². The van der Waals surface area contributed by atoms with E-state index in [0.29, 0.717) is 0 Å². The van der Waals surface area contributed by atoms with Gasteiger partial charge in [0.25, 0.3) is 0 Å². The van der Waals surface area contributed by atoms with Gasteiger partial charge in [0.1, 0.15) is 5.65 Å². The van der Waals surface area contributed by atoms with E-state index in [-0.39, 0.29) is 0 Å². The lowest BCUT2D eigenvalue weighted by Crippen LogP contribution is -1.93. The summed E-state index contributed by atoms with van der Waals surface area (Å²) >= 11 is 0. The van der Waals surface area contributed by atoms with Gasteiger partial charge in [-0.15, -0.1) is 0 Å². The molecule has 6 aromatic heterocycles. The fourth-order valence-corrected chi connectivity index (χ4v) is 11.2. The standard InChI is InChI=1S/C55H30N4/c1-2-15-34(16-3-1)57-44-23-10-9-20-38(44)41-29-33(25-26-46(41)57)48-35-17-6-4-13-31(35)27-42-43-28-32-14-5-7-18-36(32)50-51-49-40-22-12-21-39-37-19-8-11-24-45(37)58(52(39)40)47(49)30-56-55(51)59(53(42)48)54(43)50/h1-30H. The van der Waals surface area contributed by atoms with Gasteiger partial charge in [-0.1, -0.05) is 127 Å². The van der Waals surface area contributed by atoms with E-state index in [4.69, 9.17) is 4.98 Å². The van der Waals surface area contributed by atoms with Crippen molar-refractivity contribution in [3.05, 3.63) is 182 Å². The van der Waals surface area contributed by atoms with Crippen molar-refractivity contribution >= 4 is 120 Å². The van der Waals surface area contributed by atoms with E-state index in [1.807, 2.05) is 0 Å². The van der Waals surface area contributed by atoms with Crippen LogP contribution in [0.3, 0.4) is 0 Å². The van der Waals surface area contributed by atoms with Crippen molar-refractivity contribution in [1.82, 2.24) is 18.4 Å². The Balaban J connectivity index is 1.17. The molecule has 0 bridgehead atoms. The van der Waals surface area contributed by atoms with E-state index < -0.39 is 0 Å². The third-order valence-corrected chi connectivity index (χ3v) is 13.5. The van der Waals surface area contributed by atoms with Crippen LogP contribution in [0.5, 0.6) is 0 Å². The van der Waals surface area contributed by atoms with Crippen molar-refractivity contribution in [3.63, 3.8) is 0 Å². The normalized spacial score (nSPS) is 12.7. The SMILES string of the molecule is c1ccc(-n2c3ccccc3c3cc(-c4c5ccccc5cc5c6cc7ccccc7c7c8c9c%10cccc%11c%12ccccc%12n(c9cnc8n(c45)c67)c%11%10)ccc32)cc1. The Morgan fingerprint density at radius 1 is 0.339 bits per heavy atom. The van der Waals surface area contributed by atoms with Crippen LogP contribution in [0, 0.1) is 0 Å². The molecule has 15 aromatic rings. The maximum absolute atomic E-state index is 5.54. The third kappa shape index (κ3) is 3.56. The van der Waals surface area contributed by atoms with Crippen LogP contribution < -0.4 is 0 Å². The summed E-state index contributed by atoms with van der Waals surface area (Å²) in [5.74, 6) is 0. The van der Waals surface area contributed by atoms with Crippen LogP contribution in [0.2, 0.25) is 0 Å². The van der Waals surface area contributed by atoms with Crippen LogP contribution in [-0.2, 0) is 0 Å². The second-order valence-corrected chi connectivity index (χ2v) is 16.3. The number of hydrogen-bond donors (Lipinski definition) is 0. The Morgan fingerprint density at radius 2 is 0.966 bits per heavy atom. The molecule has 6 heterocycles. The van der Waals surface area contributed by atoms with Gasteiger partial charge in [-0.3, -0.25) is 4.40 Å². The molecule has 0 atom stereocenters. The average Bonchev–Trinajstić information content (AvgIpc) is 4.08. The lowest BCUT2D eigenvalue weighted by Gasteiger charge is -2.12. The van der Waals surface area contributed by atoms with Gasteiger partial charge in [0.2, 0.25) is 0 Å². The summed E-state index contributed by atoms with van der Waals surface area (Å²) in [5, 5.41) is 17.6. The molecule has 59 heavy (non-hydrogen) atoms. The van der Waals surface area contributed by atoms with Gasteiger partial charge in [0.05, 0.1) is 44.8 Å². The number of fused-ring (bicyclic) bond motifs is 19. The summed E-state index contributed by atoms with van der Waals surface area (Å²) < 4.78 is 7.38. The Labute approximate surface area is 335 Å². The van der Waals surface area contributed by atoms with E-state index in [1.165, 1.54) is 120 Å². The van der Waals surface area contributed by atoms with E-state index in [1.54, 1.807) is 0 Å². The minimum absolute atomic E-state index is 1.00. The first-order valence-electron chi connectivity index (χ1n) is 20.4. The molecule has 0 aliphatic rings. The van der Waals surface area contributed by atoms with Gasteiger partial charge in [0, 0.05) is 65.1 Å². The molecule has 0 saturated heterocycles. The number of nitrogens with zero attached hydrogens (tertiary/aromatic N) is 4. The summed E-state index contributed by atoms with van der Waals surface area (Å²) in [6.45, 7) is 0. The van der Waals surface area contributed by atoms with Gasteiger partial charge >= 0.3 is 0 Å². The molecule has 15 rings (SSSR count).